The van der Waals surface area contributed by atoms with E-state index < -0.39 is 0 Å². The largest absolute Gasteiger partial charge is 0.312 e. The van der Waals surface area contributed by atoms with E-state index in [0.717, 1.165) is 41.1 Å². The lowest BCUT2D eigenvalue weighted by Crippen LogP contribution is -2.26. The van der Waals surface area contributed by atoms with Gasteiger partial charge in [0.1, 0.15) is 0 Å². The molecule has 2 heterocycles. The SMILES string of the molecule is Cc1ccc(-c2nc(C)c3c(n2)CCNC3)c(Br)c1. The van der Waals surface area contributed by atoms with Gasteiger partial charge in [0.2, 0.25) is 0 Å². The molecule has 0 fully saturated rings. The highest BCUT2D eigenvalue weighted by molar-refractivity contribution is 9.10. The van der Waals surface area contributed by atoms with Gasteiger partial charge >= 0.3 is 0 Å². The van der Waals surface area contributed by atoms with Gasteiger partial charge in [-0.05, 0) is 31.5 Å². The zero-order chi connectivity index (χ0) is 13.4. The lowest BCUT2D eigenvalue weighted by molar-refractivity contribution is 0.622. The van der Waals surface area contributed by atoms with E-state index in [-0.39, 0.29) is 0 Å². The fourth-order valence-corrected chi connectivity index (χ4v) is 3.10. The molecule has 1 aliphatic heterocycles. The van der Waals surface area contributed by atoms with Crippen LogP contribution in [0.2, 0.25) is 0 Å². The summed E-state index contributed by atoms with van der Waals surface area (Å²) in [6.45, 7) is 6.03. The number of hydrogen-bond acceptors (Lipinski definition) is 3. The van der Waals surface area contributed by atoms with Crippen LogP contribution < -0.4 is 5.32 Å². The molecule has 1 aliphatic rings. The van der Waals surface area contributed by atoms with Crippen LogP contribution in [0.25, 0.3) is 11.4 Å². The Morgan fingerprint density at radius 2 is 2.05 bits per heavy atom. The number of nitrogens with zero attached hydrogens (tertiary/aromatic N) is 2. The van der Waals surface area contributed by atoms with E-state index >= 15 is 0 Å². The fourth-order valence-electron chi connectivity index (χ4n) is 2.43. The molecule has 0 aliphatic carbocycles. The molecule has 98 valence electrons. The summed E-state index contributed by atoms with van der Waals surface area (Å²) in [5.74, 6) is 0.824. The summed E-state index contributed by atoms with van der Waals surface area (Å²) >= 11 is 3.61. The predicted octanol–water partition coefficient (Wildman–Crippen LogP) is 3.17. The van der Waals surface area contributed by atoms with Gasteiger partial charge < -0.3 is 5.32 Å². The molecular formula is C15H16BrN3. The molecule has 0 amide bonds. The van der Waals surface area contributed by atoms with Crippen LogP contribution in [0.15, 0.2) is 22.7 Å². The third-order valence-corrected chi connectivity index (χ3v) is 4.16. The van der Waals surface area contributed by atoms with Crippen LogP contribution in [0.5, 0.6) is 0 Å². The Morgan fingerprint density at radius 3 is 2.84 bits per heavy atom. The van der Waals surface area contributed by atoms with Gasteiger partial charge in [0, 0.05) is 40.8 Å². The van der Waals surface area contributed by atoms with Gasteiger partial charge in [0.15, 0.2) is 5.82 Å². The van der Waals surface area contributed by atoms with E-state index in [2.05, 4.69) is 58.3 Å². The summed E-state index contributed by atoms with van der Waals surface area (Å²) in [5, 5.41) is 3.37. The van der Waals surface area contributed by atoms with E-state index in [0.29, 0.717) is 0 Å². The molecule has 0 bridgehead atoms. The number of nitrogens with one attached hydrogen (secondary N) is 1. The third kappa shape index (κ3) is 2.42. The van der Waals surface area contributed by atoms with Gasteiger partial charge in [0.05, 0.1) is 5.69 Å². The highest BCUT2D eigenvalue weighted by Crippen LogP contribution is 2.28. The van der Waals surface area contributed by atoms with E-state index in [1.54, 1.807) is 0 Å². The first-order valence-corrected chi connectivity index (χ1v) is 7.28. The molecule has 1 aromatic heterocycles. The molecule has 3 nitrogen and oxygen atoms in total. The Balaban J connectivity index is 2.13. The Kier molecular flexibility index (Phi) is 3.37. The minimum atomic E-state index is 0.824. The molecular weight excluding hydrogens is 302 g/mol. The quantitative estimate of drug-likeness (QED) is 0.878. The Bertz CT molecular complexity index is 638. The van der Waals surface area contributed by atoms with Gasteiger partial charge in [-0.3, -0.25) is 0 Å². The topological polar surface area (TPSA) is 37.8 Å². The summed E-state index contributed by atoms with van der Waals surface area (Å²) in [6.07, 6.45) is 0.981. The number of benzene rings is 1. The van der Waals surface area contributed by atoms with Crippen LogP contribution in [-0.2, 0) is 13.0 Å². The van der Waals surface area contributed by atoms with Crippen LogP contribution >= 0.6 is 15.9 Å². The molecule has 0 radical (unpaired) electrons. The molecule has 0 saturated carbocycles. The lowest BCUT2D eigenvalue weighted by Gasteiger charge is -2.19. The number of fused-ring (bicyclic) bond motifs is 1. The molecule has 4 heteroatoms. The molecule has 2 aromatic rings. The summed E-state index contributed by atoms with van der Waals surface area (Å²) in [5.41, 5.74) is 5.83. The van der Waals surface area contributed by atoms with Crippen molar-refractivity contribution in [3.8, 4) is 11.4 Å². The number of aromatic nitrogens is 2. The van der Waals surface area contributed by atoms with Crippen LogP contribution in [0.1, 0.15) is 22.5 Å². The van der Waals surface area contributed by atoms with Crippen molar-refractivity contribution in [1.29, 1.82) is 0 Å². The van der Waals surface area contributed by atoms with Crippen molar-refractivity contribution in [1.82, 2.24) is 15.3 Å². The first-order valence-electron chi connectivity index (χ1n) is 6.49. The van der Waals surface area contributed by atoms with Crippen molar-refractivity contribution < 1.29 is 0 Å². The molecule has 0 unspecified atom stereocenters. The van der Waals surface area contributed by atoms with Crippen molar-refractivity contribution in [2.45, 2.75) is 26.8 Å². The maximum atomic E-state index is 4.75. The minimum Gasteiger partial charge on any atom is -0.312 e. The standard InChI is InChI=1S/C15H16BrN3/c1-9-3-4-11(13(16)7-9)15-18-10(2)12-8-17-6-5-14(12)19-15/h3-4,7,17H,5-6,8H2,1-2H3. The number of aryl methyl sites for hydroxylation is 2. The predicted molar refractivity (Wildman–Crippen MR) is 80.1 cm³/mol. The number of rotatable bonds is 1. The third-order valence-electron chi connectivity index (χ3n) is 3.51. The fraction of sp³-hybridized carbons (Fsp3) is 0.333. The van der Waals surface area contributed by atoms with Crippen molar-refractivity contribution in [3.05, 3.63) is 45.2 Å². The summed E-state index contributed by atoms with van der Waals surface area (Å²) in [4.78, 5) is 9.42. The maximum Gasteiger partial charge on any atom is 0.160 e. The first kappa shape index (κ1) is 12.8. The zero-order valence-corrected chi connectivity index (χ0v) is 12.7. The maximum absolute atomic E-state index is 4.75. The van der Waals surface area contributed by atoms with Crippen molar-refractivity contribution in [3.63, 3.8) is 0 Å². The summed E-state index contributed by atoms with van der Waals surface area (Å²) < 4.78 is 1.06. The lowest BCUT2D eigenvalue weighted by atomic mass is 10.0. The average Bonchev–Trinajstić information content (AvgIpc) is 2.38. The second kappa shape index (κ2) is 5.02. The zero-order valence-electron chi connectivity index (χ0n) is 11.1. The summed E-state index contributed by atoms with van der Waals surface area (Å²) in [7, 11) is 0. The smallest absolute Gasteiger partial charge is 0.160 e. The molecule has 19 heavy (non-hydrogen) atoms. The van der Waals surface area contributed by atoms with E-state index in [1.165, 1.54) is 16.8 Å². The van der Waals surface area contributed by atoms with Gasteiger partial charge in [-0.15, -0.1) is 0 Å². The van der Waals surface area contributed by atoms with Crippen molar-refractivity contribution in [2.75, 3.05) is 6.54 Å². The Morgan fingerprint density at radius 1 is 1.21 bits per heavy atom. The van der Waals surface area contributed by atoms with Gasteiger partial charge in [-0.25, -0.2) is 9.97 Å². The second-order valence-corrected chi connectivity index (χ2v) is 5.82. The molecule has 3 rings (SSSR count). The Hall–Kier alpha value is -1.26. The second-order valence-electron chi connectivity index (χ2n) is 4.97. The van der Waals surface area contributed by atoms with Crippen molar-refractivity contribution in [2.24, 2.45) is 0 Å². The molecule has 0 spiro atoms. The van der Waals surface area contributed by atoms with Gasteiger partial charge in [-0.2, -0.15) is 0 Å². The molecule has 0 saturated heterocycles. The highest BCUT2D eigenvalue weighted by Gasteiger charge is 2.16. The van der Waals surface area contributed by atoms with Gasteiger partial charge in [-0.1, -0.05) is 22.0 Å². The van der Waals surface area contributed by atoms with E-state index in [1.807, 2.05) is 0 Å². The van der Waals surface area contributed by atoms with Crippen LogP contribution in [0.3, 0.4) is 0 Å². The molecule has 1 aromatic carbocycles. The van der Waals surface area contributed by atoms with Crippen LogP contribution in [0.4, 0.5) is 0 Å². The minimum absolute atomic E-state index is 0.824. The van der Waals surface area contributed by atoms with Crippen LogP contribution in [0, 0.1) is 13.8 Å². The van der Waals surface area contributed by atoms with Crippen molar-refractivity contribution >= 4 is 15.9 Å². The summed E-state index contributed by atoms with van der Waals surface area (Å²) in [6, 6.07) is 6.29. The number of halogens is 1. The van der Waals surface area contributed by atoms with Crippen LogP contribution in [-0.4, -0.2) is 16.5 Å². The monoisotopic (exact) mass is 317 g/mol. The first-order chi connectivity index (χ1) is 9.15. The van der Waals surface area contributed by atoms with Gasteiger partial charge in [0.25, 0.3) is 0 Å². The molecule has 0 atom stereocenters. The highest BCUT2D eigenvalue weighted by atomic mass is 79.9. The van der Waals surface area contributed by atoms with E-state index in [9.17, 15) is 0 Å². The normalized spacial score (nSPS) is 14.3. The number of hydrogen-bond donors (Lipinski definition) is 1. The average molecular weight is 318 g/mol. The molecule has 1 N–H and O–H groups in total. The van der Waals surface area contributed by atoms with E-state index in [4.69, 9.17) is 4.98 Å². The Labute approximate surface area is 121 Å².